The van der Waals surface area contributed by atoms with Crippen LogP contribution in [0.1, 0.15) is 0 Å². The Bertz CT molecular complexity index is 878. The second kappa shape index (κ2) is 7.55. The van der Waals surface area contributed by atoms with E-state index in [1.165, 1.54) is 6.07 Å². The van der Waals surface area contributed by atoms with Crippen molar-refractivity contribution in [2.45, 2.75) is 17.4 Å². The van der Waals surface area contributed by atoms with E-state index in [-0.39, 0.29) is 11.4 Å². The van der Waals surface area contributed by atoms with Gasteiger partial charge < -0.3 is 9.47 Å². The molecule has 148 valence electrons. The molecule has 2 rings (SSSR count). The molecule has 0 atom stereocenters. The lowest BCUT2D eigenvalue weighted by molar-refractivity contribution is -0.275. The zero-order chi connectivity index (χ0) is 20.3. The smallest absolute Gasteiger partial charge is 0.484 e. The molecule has 27 heavy (non-hydrogen) atoms. The number of rotatable bonds is 6. The van der Waals surface area contributed by atoms with Crippen LogP contribution in [0.4, 0.5) is 32.0 Å². The molecule has 0 aliphatic rings. The van der Waals surface area contributed by atoms with Gasteiger partial charge in [-0.1, -0.05) is 12.1 Å². The monoisotopic (exact) mass is 415 g/mol. The summed E-state index contributed by atoms with van der Waals surface area (Å²) in [5.74, 6) is -1.10. The molecule has 0 aliphatic heterocycles. The number of para-hydroxylation sites is 1. The summed E-state index contributed by atoms with van der Waals surface area (Å²) < 4.78 is 108. The number of nitrogens with one attached hydrogen (secondary N) is 1. The van der Waals surface area contributed by atoms with Gasteiger partial charge in [0.15, 0.2) is 6.61 Å². The van der Waals surface area contributed by atoms with Crippen LogP contribution in [-0.2, 0) is 10.0 Å². The van der Waals surface area contributed by atoms with Gasteiger partial charge in [0.2, 0.25) is 0 Å². The quantitative estimate of drug-likeness (QED) is 0.714. The molecule has 0 unspecified atom stereocenters. The Labute approximate surface area is 149 Å². The summed E-state index contributed by atoms with van der Waals surface area (Å²) in [5.41, 5.74) is -0.101. The van der Waals surface area contributed by atoms with E-state index in [1.54, 1.807) is 0 Å². The predicted octanol–water partition coefficient (Wildman–Crippen LogP) is 4.33. The average Bonchev–Trinajstić information content (AvgIpc) is 2.52. The summed E-state index contributed by atoms with van der Waals surface area (Å²) in [6.07, 6.45) is -9.63. The number of sulfonamides is 1. The molecule has 2 aromatic rings. The van der Waals surface area contributed by atoms with Gasteiger partial charge in [-0.15, -0.1) is 13.2 Å². The lowest BCUT2D eigenvalue weighted by Gasteiger charge is -2.14. The Morgan fingerprint density at radius 2 is 1.48 bits per heavy atom. The SMILES string of the molecule is O=S(=O)(Nc1ccc(OCC(F)(F)F)cc1)c1ccccc1OC(F)(F)F. The van der Waals surface area contributed by atoms with Crippen molar-refractivity contribution in [2.75, 3.05) is 11.3 Å². The molecular weight excluding hydrogens is 404 g/mol. The molecule has 0 saturated carbocycles. The van der Waals surface area contributed by atoms with Crippen LogP contribution in [0.15, 0.2) is 53.4 Å². The molecule has 0 bridgehead atoms. The third-order valence-electron chi connectivity index (χ3n) is 2.87. The topological polar surface area (TPSA) is 64.6 Å². The Morgan fingerprint density at radius 1 is 0.889 bits per heavy atom. The molecule has 0 radical (unpaired) electrons. The molecule has 0 spiro atoms. The van der Waals surface area contributed by atoms with Crippen LogP contribution < -0.4 is 14.2 Å². The molecule has 1 N–H and O–H groups in total. The highest BCUT2D eigenvalue weighted by Gasteiger charge is 2.34. The van der Waals surface area contributed by atoms with Crippen molar-refractivity contribution in [3.05, 3.63) is 48.5 Å². The molecule has 0 saturated heterocycles. The van der Waals surface area contributed by atoms with Crippen molar-refractivity contribution in [3.8, 4) is 11.5 Å². The van der Waals surface area contributed by atoms with Crippen molar-refractivity contribution in [1.82, 2.24) is 0 Å². The normalized spacial score (nSPS) is 12.5. The van der Waals surface area contributed by atoms with Gasteiger partial charge in [-0.3, -0.25) is 4.72 Å². The van der Waals surface area contributed by atoms with Crippen LogP contribution in [0.25, 0.3) is 0 Å². The highest BCUT2D eigenvalue weighted by Crippen LogP contribution is 2.31. The first kappa shape index (κ1) is 20.7. The number of ether oxygens (including phenoxy) is 2. The van der Waals surface area contributed by atoms with Gasteiger partial charge in [0.05, 0.1) is 0 Å². The van der Waals surface area contributed by atoms with E-state index in [2.05, 4.69) is 9.47 Å². The Morgan fingerprint density at radius 3 is 2.04 bits per heavy atom. The molecule has 0 heterocycles. The number of alkyl halides is 6. The summed E-state index contributed by atoms with van der Waals surface area (Å²) >= 11 is 0. The van der Waals surface area contributed by atoms with Gasteiger partial charge >= 0.3 is 12.5 Å². The molecule has 5 nitrogen and oxygen atoms in total. The molecule has 12 heteroatoms. The fourth-order valence-corrected chi connectivity index (χ4v) is 3.06. The van der Waals surface area contributed by atoms with E-state index in [0.29, 0.717) is 0 Å². The number of halogens is 6. The molecule has 0 aromatic heterocycles. The van der Waals surface area contributed by atoms with E-state index in [1.807, 2.05) is 4.72 Å². The summed E-state index contributed by atoms with van der Waals surface area (Å²) in [6, 6.07) is 8.43. The van der Waals surface area contributed by atoms with E-state index >= 15 is 0 Å². The lowest BCUT2D eigenvalue weighted by Crippen LogP contribution is -2.21. The van der Waals surface area contributed by atoms with Gasteiger partial charge in [0.25, 0.3) is 10.0 Å². The van der Waals surface area contributed by atoms with Crippen molar-refractivity contribution in [2.24, 2.45) is 0 Å². The summed E-state index contributed by atoms with van der Waals surface area (Å²) in [7, 11) is -4.46. The van der Waals surface area contributed by atoms with Crippen molar-refractivity contribution < 1.29 is 44.2 Å². The maximum absolute atomic E-state index is 12.4. The number of anilines is 1. The standard InChI is InChI=1S/C15H11F6NO4S/c16-14(17,18)9-25-11-7-5-10(6-8-11)22-27(23,24)13-4-2-1-3-12(13)26-15(19,20)21/h1-8,22H,9H2. The highest BCUT2D eigenvalue weighted by molar-refractivity contribution is 7.92. The second-order valence-corrected chi connectivity index (χ2v) is 6.68. The number of hydrogen-bond donors (Lipinski definition) is 1. The minimum atomic E-state index is -5.09. The minimum Gasteiger partial charge on any atom is -0.484 e. The molecule has 0 fully saturated rings. The van der Waals surface area contributed by atoms with Gasteiger partial charge in [-0.05, 0) is 36.4 Å². The zero-order valence-corrected chi connectivity index (χ0v) is 14.0. The van der Waals surface area contributed by atoms with E-state index < -0.39 is 39.8 Å². The third kappa shape index (κ3) is 6.55. The Hall–Kier alpha value is -2.63. The second-order valence-electron chi connectivity index (χ2n) is 5.03. The Balaban J connectivity index is 2.17. The van der Waals surface area contributed by atoms with Crippen molar-refractivity contribution in [1.29, 1.82) is 0 Å². The largest absolute Gasteiger partial charge is 0.573 e. The number of hydrogen-bond acceptors (Lipinski definition) is 4. The van der Waals surface area contributed by atoms with Gasteiger partial charge in [-0.25, -0.2) is 8.42 Å². The van der Waals surface area contributed by atoms with Gasteiger partial charge in [0, 0.05) is 5.69 Å². The first-order chi connectivity index (χ1) is 12.4. The first-order valence-corrected chi connectivity index (χ1v) is 8.51. The summed E-state index contributed by atoms with van der Waals surface area (Å²) in [5, 5.41) is 0. The van der Waals surface area contributed by atoms with Crippen LogP contribution >= 0.6 is 0 Å². The van der Waals surface area contributed by atoms with E-state index in [9.17, 15) is 34.8 Å². The molecule has 0 amide bonds. The predicted molar refractivity (Wildman–Crippen MR) is 81.9 cm³/mol. The number of benzene rings is 2. The van der Waals surface area contributed by atoms with Crippen molar-refractivity contribution in [3.63, 3.8) is 0 Å². The van der Waals surface area contributed by atoms with E-state index in [0.717, 1.165) is 42.5 Å². The highest BCUT2D eigenvalue weighted by atomic mass is 32.2. The van der Waals surface area contributed by atoms with Gasteiger partial charge in [-0.2, -0.15) is 13.2 Å². The Kier molecular flexibility index (Phi) is 5.78. The first-order valence-electron chi connectivity index (χ1n) is 7.03. The maximum Gasteiger partial charge on any atom is 0.573 e. The van der Waals surface area contributed by atoms with Crippen LogP contribution in [0, 0.1) is 0 Å². The minimum absolute atomic E-state index is 0.101. The van der Waals surface area contributed by atoms with E-state index in [4.69, 9.17) is 0 Å². The summed E-state index contributed by atoms with van der Waals surface area (Å²) in [6.45, 7) is -1.53. The van der Waals surface area contributed by atoms with Crippen molar-refractivity contribution >= 4 is 15.7 Å². The molecule has 2 aromatic carbocycles. The fourth-order valence-electron chi connectivity index (χ4n) is 1.88. The third-order valence-corrected chi connectivity index (χ3v) is 4.29. The van der Waals surface area contributed by atoms with Crippen LogP contribution in [0.5, 0.6) is 11.5 Å². The summed E-state index contributed by atoms with van der Waals surface area (Å²) in [4.78, 5) is -0.764. The van der Waals surface area contributed by atoms with Crippen LogP contribution in [0.3, 0.4) is 0 Å². The average molecular weight is 415 g/mol. The lowest BCUT2D eigenvalue weighted by atomic mass is 10.3. The van der Waals surface area contributed by atoms with Crippen LogP contribution in [-0.4, -0.2) is 27.6 Å². The van der Waals surface area contributed by atoms with Crippen LogP contribution in [0.2, 0.25) is 0 Å². The fraction of sp³-hybridized carbons (Fsp3) is 0.200. The molecular formula is C15H11F6NO4S. The van der Waals surface area contributed by atoms with Gasteiger partial charge in [0.1, 0.15) is 16.4 Å². The maximum atomic E-state index is 12.4. The molecule has 0 aliphatic carbocycles. The zero-order valence-electron chi connectivity index (χ0n) is 13.1.